The highest BCUT2D eigenvalue weighted by Crippen LogP contribution is 2.18. The zero-order valence-corrected chi connectivity index (χ0v) is 13.9. The Morgan fingerprint density at radius 1 is 1.59 bits per heavy atom. The van der Waals surface area contributed by atoms with E-state index in [4.69, 9.17) is 0 Å². The highest BCUT2D eigenvalue weighted by Gasteiger charge is 2.25. The molecule has 0 fully saturated rings. The first kappa shape index (κ1) is 16.5. The molecule has 2 aromatic rings. The van der Waals surface area contributed by atoms with Crippen LogP contribution in [0.1, 0.15) is 25.0 Å². The van der Waals surface area contributed by atoms with Crippen LogP contribution in [-0.4, -0.2) is 33.5 Å². The van der Waals surface area contributed by atoms with Gasteiger partial charge >= 0.3 is 6.03 Å². The monoisotopic (exact) mass is 322 g/mol. The van der Waals surface area contributed by atoms with Crippen LogP contribution >= 0.6 is 11.3 Å². The number of rotatable bonds is 6. The summed E-state index contributed by atoms with van der Waals surface area (Å²) in [4.78, 5) is 11.9. The van der Waals surface area contributed by atoms with E-state index < -0.39 is 5.60 Å². The molecule has 0 spiro atoms. The molecule has 0 saturated carbocycles. The Morgan fingerprint density at radius 2 is 2.36 bits per heavy atom. The van der Waals surface area contributed by atoms with E-state index >= 15 is 0 Å². The molecule has 0 aromatic carbocycles. The van der Waals surface area contributed by atoms with Gasteiger partial charge < -0.3 is 15.7 Å². The highest BCUT2D eigenvalue weighted by atomic mass is 32.1. The van der Waals surface area contributed by atoms with Crippen molar-refractivity contribution in [3.63, 3.8) is 0 Å². The Hall–Kier alpha value is -1.86. The zero-order valence-electron chi connectivity index (χ0n) is 13.0. The molecule has 0 aliphatic heterocycles. The van der Waals surface area contributed by atoms with Crippen LogP contribution in [0.4, 0.5) is 4.79 Å². The normalized spacial score (nSPS) is 15.1. The standard InChI is InChI=1S/C15H22N4O2S/c1-11(6-12-4-5-22-9-12)18-14(20)16-10-15(2,21)13-7-17-19(3)8-13/h4-5,7-9,11,21H,6,10H2,1-3H3,(H2,16,18,20)/t11-,15+/m0/s1. The molecule has 2 atom stereocenters. The van der Waals surface area contributed by atoms with E-state index in [2.05, 4.69) is 21.1 Å². The number of hydrogen-bond acceptors (Lipinski definition) is 4. The van der Waals surface area contributed by atoms with Gasteiger partial charge in [0.1, 0.15) is 5.60 Å². The third-order valence-corrected chi connectivity index (χ3v) is 4.15. The third kappa shape index (κ3) is 4.57. The Labute approximate surface area is 134 Å². The number of hydrogen-bond donors (Lipinski definition) is 3. The first-order chi connectivity index (χ1) is 10.4. The molecule has 0 saturated heterocycles. The molecule has 120 valence electrons. The summed E-state index contributed by atoms with van der Waals surface area (Å²) in [6, 6.07) is 1.79. The van der Waals surface area contributed by atoms with Gasteiger partial charge in [0.25, 0.3) is 0 Å². The summed E-state index contributed by atoms with van der Waals surface area (Å²) >= 11 is 1.64. The summed E-state index contributed by atoms with van der Waals surface area (Å²) in [6.45, 7) is 3.73. The third-order valence-electron chi connectivity index (χ3n) is 3.42. The Morgan fingerprint density at radius 3 is 2.95 bits per heavy atom. The molecule has 3 N–H and O–H groups in total. The zero-order chi connectivity index (χ0) is 16.2. The molecule has 22 heavy (non-hydrogen) atoms. The van der Waals surface area contributed by atoms with Crippen molar-refractivity contribution in [2.45, 2.75) is 31.9 Å². The number of carbonyl (C=O) groups excluding carboxylic acids is 1. The van der Waals surface area contributed by atoms with Crippen LogP contribution < -0.4 is 10.6 Å². The van der Waals surface area contributed by atoms with Gasteiger partial charge in [0, 0.05) is 24.8 Å². The summed E-state index contributed by atoms with van der Waals surface area (Å²) in [5, 5.41) is 24.1. The lowest BCUT2D eigenvalue weighted by Crippen LogP contribution is -2.46. The van der Waals surface area contributed by atoms with Crippen LogP contribution in [0, 0.1) is 0 Å². The molecule has 2 amide bonds. The molecule has 2 rings (SSSR count). The maximum absolute atomic E-state index is 11.9. The number of thiophene rings is 1. The number of aromatic nitrogens is 2. The van der Waals surface area contributed by atoms with Gasteiger partial charge in [-0.05, 0) is 42.7 Å². The lowest BCUT2D eigenvalue weighted by molar-refractivity contribution is 0.0592. The fraction of sp³-hybridized carbons (Fsp3) is 0.467. The van der Waals surface area contributed by atoms with Crippen LogP contribution in [0.5, 0.6) is 0 Å². The van der Waals surface area contributed by atoms with Gasteiger partial charge in [0.15, 0.2) is 0 Å². The highest BCUT2D eigenvalue weighted by molar-refractivity contribution is 7.07. The second kappa shape index (κ2) is 6.93. The molecule has 0 bridgehead atoms. The van der Waals surface area contributed by atoms with Crippen LogP contribution in [0.25, 0.3) is 0 Å². The first-order valence-corrected chi connectivity index (χ1v) is 8.08. The number of aryl methyl sites for hydroxylation is 1. The van der Waals surface area contributed by atoms with Crippen molar-refractivity contribution >= 4 is 17.4 Å². The quantitative estimate of drug-likeness (QED) is 0.756. The maximum atomic E-state index is 11.9. The van der Waals surface area contributed by atoms with Gasteiger partial charge in [0.05, 0.1) is 12.7 Å². The van der Waals surface area contributed by atoms with Crippen molar-refractivity contribution in [2.75, 3.05) is 6.54 Å². The summed E-state index contributed by atoms with van der Waals surface area (Å²) in [7, 11) is 1.78. The molecule has 6 nitrogen and oxygen atoms in total. The Kier molecular flexibility index (Phi) is 5.20. The van der Waals surface area contributed by atoms with Crippen LogP contribution in [0.15, 0.2) is 29.2 Å². The fourth-order valence-corrected chi connectivity index (χ4v) is 2.82. The van der Waals surface area contributed by atoms with Crippen molar-refractivity contribution in [2.24, 2.45) is 7.05 Å². The van der Waals surface area contributed by atoms with Crippen LogP contribution in [0.3, 0.4) is 0 Å². The lowest BCUT2D eigenvalue weighted by atomic mass is 10.00. The number of nitrogens with zero attached hydrogens (tertiary/aromatic N) is 2. The predicted molar refractivity (Wildman–Crippen MR) is 86.8 cm³/mol. The maximum Gasteiger partial charge on any atom is 0.315 e. The van der Waals surface area contributed by atoms with E-state index in [9.17, 15) is 9.90 Å². The van der Waals surface area contributed by atoms with E-state index in [0.29, 0.717) is 5.56 Å². The average molecular weight is 322 g/mol. The number of urea groups is 1. The minimum absolute atomic E-state index is 0.0259. The van der Waals surface area contributed by atoms with Crippen LogP contribution in [0.2, 0.25) is 0 Å². The Balaban J connectivity index is 1.79. The molecular formula is C15H22N4O2S. The van der Waals surface area contributed by atoms with Crippen molar-refractivity contribution in [3.05, 3.63) is 40.3 Å². The summed E-state index contributed by atoms with van der Waals surface area (Å²) in [5.74, 6) is 0. The summed E-state index contributed by atoms with van der Waals surface area (Å²) in [5.41, 5.74) is 0.726. The van der Waals surface area contributed by atoms with E-state index in [1.54, 1.807) is 42.4 Å². The van der Waals surface area contributed by atoms with Gasteiger partial charge in [-0.15, -0.1) is 0 Å². The molecule has 0 aliphatic rings. The van der Waals surface area contributed by atoms with Crippen molar-refractivity contribution in [1.29, 1.82) is 0 Å². The largest absolute Gasteiger partial charge is 0.383 e. The predicted octanol–water partition coefficient (Wildman–Crippen LogP) is 1.62. The van der Waals surface area contributed by atoms with Crippen molar-refractivity contribution < 1.29 is 9.90 Å². The van der Waals surface area contributed by atoms with E-state index in [1.807, 2.05) is 18.4 Å². The topological polar surface area (TPSA) is 79.2 Å². The van der Waals surface area contributed by atoms with Gasteiger partial charge in [-0.3, -0.25) is 4.68 Å². The molecule has 7 heteroatoms. The summed E-state index contributed by atoms with van der Waals surface area (Å²) in [6.07, 6.45) is 4.12. The van der Waals surface area contributed by atoms with Crippen LogP contribution in [-0.2, 0) is 19.1 Å². The average Bonchev–Trinajstić information content (AvgIpc) is 3.08. The minimum atomic E-state index is -1.15. The number of amides is 2. The smallest absolute Gasteiger partial charge is 0.315 e. The number of carbonyl (C=O) groups is 1. The molecule has 2 aromatic heterocycles. The SMILES string of the molecule is C[C@@H](Cc1ccsc1)NC(=O)NC[C@@](C)(O)c1cnn(C)c1. The first-order valence-electron chi connectivity index (χ1n) is 7.14. The van der Waals surface area contributed by atoms with E-state index in [0.717, 1.165) is 6.42 Å². The van der Waals surface area contributed by atoms with E-state index in [1.165, 1.54) is 5.56 Å². The molecule has 0 aliphatic carbocycles. The molecule has 0 unspecified atom stereocenters. The summed E-state index contributed by atoms with van der Waals surface area (Å²) < 4.78 is 1.62. The van der Waals surface area contributed by atoms with Gasteiger partial charge in [-0.2, -0.15) is 16.4 Å². The molecular weight excluding hydrogens is 300 g/mol. The second-order valence-corrected chi connectivity index (χ2v) is 6.52. The number of nitrogens with one attached hydrogen (secondary N) is 2. The van der Waals surface area contributed by atoms with Gasteiger partial charge in [0.2, 0.25) is 0 Å². The second-order valence-electron chi connectivity index (χ2n) is 5.74. The molecule has 0 radical (unpaired) electrons. The molecule has 2 heterocycles. The van der Waals surface area contributed by atoms with Crippen molar-refractivity contribution in [1.82, 2.24) is 20.4 Å². The lowest BCUT2D eigenvalue weighted by Gasteiger charge is -2.23. The van der Waals surface area contributed by atoms with Gasteiger partial charge in [-0.1, -0.05) is 0 Å². The van der Waals surface area contributed by atoms with E-state index in [-0.39, 0.29) is 18.6 Å². The Bertz CT molecular complexity index is 607. The number of aliphatic hydroxyl groups is 1. The van der Waals surface area contributed by atoms with Gasteiger partial charge in [-0.25, -0.2) is 4.79 Å². The van der Waals surface area contributed by atoms with Crippen molar-refractivity contribution in [3.8, 4) is 0 Å². The minimum Gasteiger partial charge on any atom is -0.383 e. The fourth-order valence-electron chi connectivity index (χ4n) is 2.14.